The van der Waals surface area contributed by atoms with Crippen molar-refractivity contribution in [3.8, 4) is 0 Å². The second kappa shape index (κ2) is 5.60. The molecule has 0 aliphatic rings. The van der Waals surface area contributed by atoms with Gasteiger partial charge in [0.25, 0.3) is 0 Å². The van der Waals surface area contributed by atoms with Crippen molar-refractivity contribution < 1.29 is 8.42 Å². The summed E-state index contributed by atoms with van der Waals surface area (Å²) in [5, 5.41) is 0. The van der Waals surface area contributed by atoms with Gasteiger partial charge in [0.05, 0.1) is 4.90 Å². The minimum Gasteiger partial charge on any atom is -0.398 e. The number of nitrogens with zero attached hydrogens (tertiary/aromatic N) is 2. The summed E-state index contributed by atoms with van der Waals surface area (Å²) < 4.78 is 26.2. The molecule has 0 bridgehead atoms. The fourth-order valence-corrected chi connectivity index (χ4v) is 2.99. The Morgan fingerprint density at radius 3 is 2.65 bits per heavy atom. The van der Waals surface area contributed by atoms with E-state index in [1.165, 1.54) is 10.4 Å². The molecule has 20 heavy (non-hydrogen) atoms. The van der Waals surface area contributed by atoms with Crippen LogP contribution >= 0.6 is 0 Å². The number of hydrogen-bond acceptors (Lipinski definition) is 4. The normalized spacial score (nSPS) is 11.8. The first-order valence-electron chi connectivity index (χ1n) is 6.12. The Morgan fingerprint density at radius 1 is 1.30 bits per heavy atom. The fourth-order valence-electron chi connectivity index (χ4n) is 1.79. The zero-order valence-corrected chi connectivity index (χ0v) is 12.3. The Labute approximate surface area is 119 Å². The lowest BCUT2D eigenvalue weighted by atomic mass is 10.2. The van der Waals surface area contributed by atoms with Gasteiger partial charge in [-0.2, -0.15) is 4.31 Å². The van der Waals surface area contributed by atoms with Gasteiger partial charge in [-0.1, -0.05) is 12.1 Å². The third kappa shape index (κ3) is 2.97. The second-order valence-corrected chi connectivity index (χ2v) is 6.69. The summed E-state index contributed by atoms with van der Waals surface area (Å²) in [6.07, 6.45) is 3.30. The smallest absolute Gasteiger partial charge is 0.243 e. The number of pyridine rings is 1. The van der Waals surface area contributed by atoms with E-state index in [0.717, 1.165) is 11.1 Å². The second-order valence-electron chi connectivity index (χ2n) is 4.64. The average Bonchev–Trinajstić information content (AvgIpc) is 2.42. The summed E-state index contributed by atoms with van der Waals surface area (Å²) in [4.78, 5) is 4.18. The predicted octanol–water partition coefficient (Wildman–Crippen LogP) is 1.79. The van der Waals surface area contributed by atoms with Gasteiger partial charge in [-0.05, 0) is 36.2 Å². The van der Waals surface area contributed by atoms with Crippen molar-refractivity contribution in [2.24, 2.45) is 0 Å². The molecule has 0 aliphatic carbocycles. The van der Waals surface area contributed by atoms with Crippen LogP contribution in [0.1, 0.15) is 11.1 Å². The first kappa shape index (κ1) is 14.5. The molecule has 0 saturated carbocycles. The highest BCUT2D eigenvalue weighted by Gasteiger charge is 2.21. The van der Waals surface area contributed by atoms with E-state index in [2.05, 4.69) is 4.98 Å². The SMILES string of the molecule is Cc1ccc(S(=O)(=O)N(C)Cc2cccnc2)cc1N. The molecule has 0 radical (unpaired) electrons. The van der Waals surface area contributed by atoms with Gasteiger partial charge in [-0.15, -0.1) is 0 Å². The molecule has 0 spiro atoms. The number of nitrogens with two attached hydrogens (primary N) is 1. The number of nitrogen functional groups attached to an aromatic ring is 1. The van der Waals surface area contributed by atoms with Crippen molar-refractivity contribution in [3.63, 3.8) is 0 Å². The van der Waals surface area contributed by atoms with E-state index in [-0.39, 0.29) is 11.4 Å². The molecule has 0 saturated heterocycles. The largest absolute Gasteiger partial charge is 0.398 e. The van der Waals surface area contributed by atoms with Gasteiger partial charge in [0.2, 0.25) is 10.0 Å². The summed E-state index contributed by atoms with van der Waals surface area (Å²) in [6, 6.07) is 8.38. The molecule has 1 aromatic heterocycles. The average molecular weight is 291 g/mol. The molecule has 1 aromatic carbocycles. The van der Waals surface area contributed by atoms with E-state index in [0.29, 0.717) is 5.69 Å². The van der Waals surface area contributed by atoms with Gasteiger partial charge < -0.3 is 5.73 Å². The van der Waals surface area contributed by atoms with E-state index < -0.39 is 10.0 Å². The van der Waals surface area contributed by atoms with Crippen LogP contribution in [0.5, 0.6) is 0 Å². The van der Waals surface area contributed by atoms with Gasteiger partial charge in [0.1, 0.15) is 0 Å². The molecule has 106 valence electrons. The van der Waals surface area contributed by atoms with E-state index in [4.69, 9.17) is 5.73 Å². The summed E-state index contributed by atoms with van der Waals surface area (Å²) in [5.74, 6) is 0. The molecule has 0 aliphatic heterocycles. The highest BCUT2D eigenvalue weighted by molar-refractivity contribution is 7.89. The van der Waals surface area contributed by atoms with E-state index in [1.807, 2.05) is 13.0 Å². The van der Waals surface area contributed by atoms with Gasteiger partial charge in [0.15, 0.2) is 0 Å². The molecule has 2 aromatic rings. The van der Waals surface area contributed by atoms with Crippen LogP contribution in [-0.2, 0) is 16.6 Å². The van der Waals surface area contributed by atoms with Crippen molar-refractivity contribution in [2.45, 2.75) is 18.4 Å². The van der Waals surface area contributed by atoms with Crippen molar-refractivity contribution in [2.75, 3.05) is 12.8 Å². The third-order valence-electron chi connectivity index (χ3n) is 3.09. The molecule has 0 amide bonds. The van der Waals surface area contributed by atoms with Crippen LogP contribution in [0.15, 0.2) is 47.6 Å². The molecule has 5 nitrogen and oxygen atoms in total. The Morgan fingerprint density at radius 2 is 2.05 bits per heavy atom. The predicted molar refractivity (Wildman–Crippen MR) is 78.5 cm³/mol. The summed E-state index contributed by atoms with van der Waals surface area (Å²) in [5.41, 5.74) is 7.94. The number of aryl methyl sites for hydroxylation is 1. The Balaban J connectivity index is 2.27. The van der Waals surface area contributed by atoms with E-state index in [9.17, 15) is 8.42 Å². The van der Waals surface area contributed by atoms with Crippen LogP contribution in [0.4, 0.5) is 5.69 Å². The lowest BCUT2D eigenvalue weighted by molar-refractivity contribution is 0.466. The van der Waals surface area contributed by atoms with Crippen LogP contribution in [0.3, 0.4) is 0 Å². The maximum absolute atomic E-state index is 12.4. The topological polar surface area (TPSA) is 76.3 Å². The first-order chi connectivity index (χ1) is 9.41. The van der Waals surface area contributed by atoms with Gasteiger partial charge in [0, 0.05) is 31.7 Å². The van der Waals surface area contributed by atoms with Crippen molar-refractivity contribution >= 4 is 15.7 Å². The lowest BCUT2D eigenvalue weighted by Crippen LogP contribution is -2.26. The molecule has 0 fully saturated rings. The maximum atomic E-state index is 12.4. The molecule has 1 heterocycles. The third-order valence-corrected chi connectivity index (χ3v) is 4.89. The molecule has 0 unspecified atom stereocenters. The fraction of sp³-hybridized carbons (Fsp3) is 0.214. The molecule has 2 rings (SSSR count). The number of anilines is 1. The van der Waals surface area contributed by atoms with Gasteiger partial charge >= 0.3 is 0 Å². The quantitative estimate of drug-likeness (QED) is 0.871. The molecule has 6 heteroatoms. The van der Waals surface area contributed by atoms with E-state index >= 15 is 0 Å². The van der Waals surface area contributed by atoms with Crippen LogP contribution in [0, 0.1) is 6.92 Å². The number of sulfonamides is 1. The number of hydrogen-bond donors (Lipinski definition) is 1. The first-order valence-corrected chi connectivity index (χ1v) is 7.56. The minimum atomic E-state index is -3.55. The molecular formula is C14H17N3O2S. The minimum absolute atomic E-state index is 0.201. The van der Waals surface area contributed by atoms with Crippen LogP contribution in [-0.4, -0.2) is 24.8 Å². The van der Waals surface area contributed by atoms with Crippen LogP contribution in [0.25, 0.3) is 0 Å². The summed E-state index contributed by atoms with van der Waals surface area (Å²) in [6.45, 7) is 2.11. The van der Waals surface area contributed by atoms with Crippen LogP contribution in [0.2, 0.25) is 0 Å². The number of rotatable bonds is 4. The zero-order valence-electron chi connectivity index (χ0n) is 11.4. The van der Waals surface area contributed by atoms with Gasteiger partial charge in [-0.25, -0.2) is 8.42 Å². The lowest BCUT2D eigenvalue weighted by Gasteiger charge is -2.17. The number of benzene rings is 1. The Hall–Kier alpha value is -1.92. The zero-order chi connectivity index (χ0) is 14.8. The van der Waals surface area contributed by atoms with Crippen molar-refractivity contribution in [1.82, 2.24) is 9.29 Å². The van der Waals surface area contributed by atoms with Crippen molar-refractivity contribution in [3.05, 3.63) is 53.9 Å². The Bertz CT molecular complexity index is 700. The molecule has 0 atom stereocenters. The highest BCUT2D eigenvalue weighted by Crippen LogP contribution is 2.21. The summed E-state index contributed by atoms with van der Waals surface area (Å²) >= 11 is 0. The Kier molecular flexibility index (Phi) is 4.06. The summed E-state index contributed by atoms with van der Waals surface area (Å²) in [7, 11) is -2.01. The maximum Gasteiger partial charge on any atom is 0.243 e. The van der Waals surface area contributed by atoms with Gasteiger partial charge in [-0.3, -0.25) is 4.98 Å². The molecular weight excluding hydrogens is 274 g/mol. The monoisotopic (exact) mass is 291 g/mol. The van der Waals surface area contributed by atoms with Crippen LogP contribution < -0.4 is 5.73 Å². The molecule has 2 N–H and O–H groups in total. The van der Waals surface area contributed by atoms with Crippen molar-refractivity contribution in [1.29, 1.82) is 0 Å². The van der Waals surface area contributed by atoms with E-state index in [1.54, 1.807) is 37.6 Å². The highest BCUT2D eigenvalue weighted by atomic mass is 32.2. The number of aromatic nitrogens is 1. The standard InChI is InChI=1S/C14H17N3O2S/c1-11-5-6-13(8-14(11)15)20(18,19)17(2)10-12-4-3-7-16-9-12/h3-9H,10,15H2,1-2H3.